The van der Waals surface area contributed by atoms with Crippen LogP contribution in [0.25, 0.3) is 11.1 Å². The van der Waals surface area contributed by atoms with Crippen molar-refractivity contribution in [3.8, 4) is 17.2 Å². The van der Waals surface area contributed by atoms with Gasteiger partial charge in [0.25, 0.3) is 0 Å². The molecule has 0 fully saturated rings. The monoisotopic (exact) mass is 405 g/mol. The van der Waals surface area contributed by atoms with Crippen LogP contribution in [-0.4, -0.2) is 29.9 Å². The van der Waals surface area contributed by atoms with Crippen LogP contribution in [0.15, 0.2) is 70.9 Å². The second kappa shape index (κ2) is 8.63. The van der Waals surface area contributed by atoms with E-state index in [0.29, 0.717) is 16.7 Å². The van der Waals surface area contributed by atoms with Gasteiger partial charge in [-0.2, -0.15) is 10.4 Å². The van der Waals surface area contributed by atoms with Crippen LogP contribution in [0.3, 0.4) is 0 Å². The Bertz CT molecular complexity index is 1160. The van der Waals surface area contributed by atoms with Crippen molar-refractivity contribution in [2.75, 3.05) is 5.43 Å². The normalized spacial score (nSPS) is 11.5. The molecule has 0 amide bonds. The zero-order chi connectivity index (χ0) is 20.9. The lowest BCUT2D eigenvalue weighted by Crippen LogP contribution is -2.15. The van der Waals surface area contributed by atoms with Crippen LogP contribution < -0.4 is 5.43 Å². The van der Waals surface area contributed by atoms with E-state index >= 15 is 0 Å². The Morgan fingerprint density at radius 1 is 1.07 bits per heavy atom. The number of sulfone groups is 1. The second-order valence-electron chi connectivity index (χ2n) is 6.49. The first-order valence-corrected chi connectivity index (χ1v) is 10.4. The lowest BCUT2D eigenvalue weighted by atomic mass is 10.1. The lowest BCUT2D eigenvalue weighted by Gasteiger charge is -2.12. The van der Waals surface area contributed by atoms with Crippen LogP contribution in [0.4, 0.5) is 5.95 Å². The summed E-state index contributed by atoms with van der Waals surface area (Å²) in [6.45, 7) is 3.31. The van der Waals surface area contributed by atoms with Crippen LogP contribution >= 0.6 is 0 Å². The molecule has 29 heavy (non-hydrogen) atoms. The Hall–Kier alpha value is -3.57. The second-order valence-corrected chi connectivity index (χ2v) is 8.96. The standard InChI is InChI=1S/C21H19N5O2S/c1-15(2)29(27,28)20-6-4-3-5-19(20)18-13-23-21(24-14-18)26-25-12-17-9-7-16(11-22)8-10-17/h3-10,12-15H,1-2H3,(H,23,24,26). The third-order valence-electron chi connectivity index (χ3n) is 4.19. The SMILES string of the molecule is CC(C)S(=O)(=O)c1ccccc1-c1cnc(NN=Cc2ccc(C#N)cc2)nc1. The minimum Gasteiger partial charge on any atom is -0.245 e. The highest BCUT2D eigenvalue weighted by molar-refractivity contribution is 7.92. The van der Waals surface area contributed by atoms with Crippen molar-refractivity contribution < 1.29 is 8.42 Å². The molecule has 3 aromatic rings. The van der Waals surface area contributed by atoms with Gasteiger partial charge in [-0.3, -0.25) is 0 Å². The summed E-state index contributed by atoms with van der Waals surface area (Å²) in [6, 6.07) is 15.8. The number of hydrogen-bond acceptors (Lipinski definition) is 7. The molecule has 0 radical (unpaired) electrons. The minimum atomic E-state index is -3.43. The molecule has 0 unspecified atom stereocenters. The molecule has 0 spiro atoms. The summed E-state index contributed by atoms with van der Waals surface area (Å²) in [5.74, 6) is 0.280. The highest BCUT2D eigenvalue weighted by atomic mass is 32.2. The van der Waals surface area contributed by atoms with E-state index in [-0.39, 0.29) is 10.8 Å². The van der Waals surface area contributed by atoms with Gasteiger partial charge in [0.15, 0.2) is 9.84 Å². The van der Waals surface area contributed by atoms with E-state index in [4.69, 9.17) is 5.26 Å². The molecule has 0 aliphatic carbocycles. The summed E-state index contributed by atoms with van der Waals surface area (Å²) in [6.07, 6.45) is 4.70. The predicted octanol–water partition coefficient (Wildman–Crippen LogP) is 3.64. The van der Waals surface area contributed by atoms with Gasteiger partial charge in [0.05, 0.1) is 28.0 Å². The van der Waals surface area contributed by atoms with E-state index < -0.39 is 15.1 Å². The van der Waals surface area contributed by atoms with Crippen LogP contribution in [0, 0.1) is 11.3 Å². The van der Waals surface area contributed by atoms with Crippen molar-refractivity contribution in [2.24, 2.45) is 5.10 Å². The van der Waals surface area contributed by atoms with E-state index in [2.05, 4.69) is 26.6 Å². The van der Waals surface area contributed by atoms with E-state index in [1.807, 2.05) is 0 Å². The Morgan fingerprint density at radius 3 is 2.34 bits per heavy atom. The summed E-state index contributed by atoms with van der Waals surface area (Å²) in [4.78, 5) is 8.68. The van der Waals surface area contributed by atoms with Crippen LogP contribution in [0.1, 0.15) is 25.0 Å². The topological polar surface area (TPSA) is 108 Å². The van der Waals surface area contributed by atoms with E-state index in [1.165, 1.54) is 0 Å². The van der Waals surface area contributed by atoms with E-state index in [0.717, 1.165) is 5.56 Å². The van der Waals surface area contributed by atoms with E-state index in [1.54, 1.807) is 81.0 Å². The van der Waals surface area contributed by atoms with Gasteiger partial charge in [-0.15, -0.1) is 0 Å². The average Bonchev–Trinajstić information content (AvgIpc) is 2.74. The fraction of sp³-hybridized carbons (Fsp3) is 0.143. The first-order chi connectivity index (χ1) is 13.9. The van der Waals surface area contributed by atoms with E-state index in [9.17, 15) is 8.42 Å². The summed E-state index contributed by atoms with van der Waals surface area (Å²) >= 11 is 0. The number of aromatic nitrogens is 2. The molecule has 0 atom stereocenters. The zero-order valence-corrected chi connectivity index (χ0v) is 16.8. The highest BCUT2D eigenvalue weighted by Crippen LogP contribution is 2.29. The van der Waals surface area contributed by atoms with Gasteiger partial charge in [-0.25, -0.2) is 23.8 Å². The largest absolute Gasteiger partial charge is 0.245 e. The van der Waals surface area contributed by atoms with Gasteiger partial charge in [0, 0.05) is 23.5 Å². The molecule has 8 heteroatoms. The first-order valence-electron chi connectivity index (χ1n) is 8.86. The summed E-state index contributed by atoms with van der Waals surface area (Å²) in [5.41, 5.74) is 5.29. The maximum absolute atomic E-state index is 12.6. The van der Waals surface area contributed by atoms with Gasteiger partial charge in [-0.1, -0.05) is 30.3 Å². The molecule has 0 saturated carbocycles. The number of rotatable bonds is 6. The van der Waals surface area contributed by atoms with Gasteiger partial charge >= 0.3 is 0 Å². The van der Waals surface area contributed by atoms with Crippen LogP contribution in [0.2, 0.25) is 0 Å². The molecular formula is C21H19N5O2S. The highest BCUT2D eigenvalue weighted by Gasteiger charge is 2.23. The summed E-state index contributed by atoms with van der Waals surface area (Å²) < 4.78 is 25.2. The molecule has 3 rings (SSSR count). The number of benzene rings is 2. The molecule has 0 aliphatic rings. The maximum atomic E-state index is 12.6. The molecule has 0 aliphatic heterocycles. The minimum absolute atomic E-state index is 0.262. The van der Waals surface area contributed by atoms with Crippen molar-refractivity contribution in [2.45, 2.75) is 24.0 Å². The molecule has 0 bridgehead atoms. The quantitative estimate of drug-likeness (QED) is 0.495. The van der Waals surface area contributed by atoms with Crippen molar-refractivity contribution in [1.29, 1.82) is 5.26 Å². The number of nitrogens with zero attached hydrogens (tertiary/aromatic N) is 4. The molecule has 146 valence electrons. The molecular weight excluding hydrogens is 386 g/mol. The van der Waals surface area contributed by atoms with Gasteiger partial charge in [0.2, 0.25) is 5.95 Å². The molecule has 1 heterocycles. The van der Waals surface area contributed by atoms with Crippen molar-refractivity contribution in [3.05, 3.63) is 72.1 Å². The number of anilines is 1. The molecule has 1 N–H and O–H groups in total. The Balaban J connectivity index is 1.77. The zero-order valence-electron chi connectivity index (χ0n) is 15.9. The fourth-order valence-corrected chi connectivity index (χ4v) is 3.81. The van der Waals surface area contributed by atoms with Crippen molar-refractivity contribution in [1.82, 2.24) is 9.97 Å². The molecule has 0 saturated heterocycles. The number of nitriles is 1. The van der Waals surface area contributed by atoms with Crippen LogP contribution in [-0.2, 0) is 9.84 Å². The summed E-state index contributed by atoms with van der Waals surface area (Å²) in [5, 5.41) is 12.3. The van der Waals surface area contributed by atoms with Gasteiger partial charge < -0.3 is 0 Å². The average molecular weight is 405 g/mol. The molecule has 7 nitrogen and oxygen atoms in total. The molecule has 1 aromatic heterocycles. The smallest absolute Gasteiger partial charge is 0.243 e. The Morgan fingerprint density at radius 2 is 1.72 bits per heavy atom. The number of hydrazone groups is 1. The molecule has 2 aromatic carbocycles. The van der Waals surface area contributed by atoms with Gasteiger partial charge in [0.1, 0.15) is 0 Å². The van der Waals surface area contributed by atoms with Gasteiger partial charge in [-0.05, 0) is 37.6 Å². The van der Waals surface area contributed by atoms with Crippen molar-refractivity contribution >= 4 is 22.0 Å². The van der Waals surface area contributed by atoms with Crippen molar-refractivity contribution in [3.63, 3.8) is 0 Å². The Kier molecular flexibility index (Phi) is 6.00. The third kappa shape index (κ3) is 4.65. The lowest BCUT2D eigenvalue weighted by molar-refractivity contribution is 0.587. The van der Waals surface area contributed by atoms with Crippen LogP contribution in [0.5, 0.6) is 0 Å². The third-order valence-corrected chi connectivity index (χ3v) is 6.41. The first kappa shape index (κ1) is 20.2. The maximum Gasteiger partial charge on any atom is 0.243 e. The number of nitrogens with one attached hydrogen (secondary N) is 1. The predicted molar refractivity (Wildman–Crippen MR) is 112 cm³/mol. The number of hydrogen-bond donors (Lipinski definition) is 1. The fourth-order valence-electron chi connectivity index (χ4n) is 2.54. The Labute approximate surface area is 169 Å². The summed E-state index contributed by atoms with van der Waals surface area (Å²) in [7, 11) is -3.43.